The van der Waals surface area contributed by atoms with Gasteiger partial charge in [-0.1, -0.05) is 13.8 Å². The second-order valence-electron chi connectivity index (χ2n) is 4.74. The molecule has 90 valence electrons. The lowest BCUT2D eigenvalue weighted by molar-refractivity contribution is 0.324. The fraction of sp³-hybridized carbons (Fsp3) is 1.00. The average Bonchev–Trinajstić information content (AvgIpc) is 2.09. The highest BCUT2D eigenvalue weighted by Crippen LogP contribution is 2.10. The van der Waals surface area contributed by atoms with Crippen molar-refractivity contribution in [1.29, 1.82) is 0 Å². The molecule has 15 heavy (non-hydrogen) atoms. The molecule has 0 spiro atoms. The summed E-state index contributed by atoms with van der Waals surface area (Å²) < 4.78 is 25.5. The van der Waals surface area contributed by atoms with Crippen LogP contribution in [-0.4, -0.2) is 44.2 Å². The topological polar surface area (TPSA) is 49.4 Å². The number of rotatable bonds is 2. The number of nitrogens with zero attached hydrogens (tertiary/aromatic N) is 1. The fourth-order valence-corrected chi connectivity index (χ4v) is 3.55. The van der Waals surface area contributed by atoms with Crippen molar-refractivity contribution in [2.45, 2.75) is 33.2 Å². The Kier molecular flexibility index (Phi) is 4.55. The summed E-state index contributed by atoms with van der Waals surface area (Å²) in [4.78, 5) is 0. The molecule has 4 nitrogen and oxygen atoms in total. The second-order valence-corrected chi connectivity index (χ2v) is 6.82. The number of sulfonamides is 1. The first kappa shape index (κ1) is 12.9. The van der Waals surface area contributed by atoms with Crippen LogP contribution in [0.25, 0.3) is 0 Å². The first-order valence-electron chi connectivity index (χ1n) is 5.63. The molecule has 1 aliphatic heterocycles. The van der Waals surface area contributed by atoms with Gasteiger partial charge in [-0.2, -0.15) is 0 Å². The van der Waals surface area contributed by atoms with Crippen LogP contribution in [0, 0.1) is 5.92 Å². The van der Waals surface area contributed by atoms with Crippen LogP contribution in [0.4, 0.5) is 0 Å². The van der Waals surface area contributed by atoms with Crippen molar-refractivity contribution in [3.8, 4) is 0 Å². The summed E-state index contributed by atoms with van der Waals surface area (Å²) in [7, 11) is -3.02. The minimum Gasteiger partial charge on any atom is -0.313 e. The van der Waals surface area contributed by atoms with E-state index >= 15 is 0 Å². The summed E-state index contributed by atoms with van der Waals surface area (Å²) >= 11 is 0. The van der Waals surface area contributed by atoms with E-state index in [9.17, 15) is 8.42 Å². The third-order valence-electron chi connectivity index (χ3n) is 2.51. The summed E-state index contributed by atoms with van der Waals surface area (Å²) in [5.41, 5.74) is 0. The van der Waals surface area contributed by atoms with Crippen LogP contribution in [0.2, 0.25) is 0 Å². The van der Waals surface area contributed by atoms with Crippen LogP contribution in [0.5, 0.6) is 0 Å². The van der Waals surface area contributed by atoms with Crippen LogP contribution >= 0.6 is 0 Å². The van der Waals surface area contributed by atoms with Crippen LogP contribution in [-0.2, 0) is 10.0 Å². The van der Waals surface area contributed by atoms with Crippen molar-refractivity contribution in [1.82, 2.24) is 9.62 Å². The Labute approximate surface area is 93.1 Å². The Morgan fingerprint density at radius 3 is 2.73 bits per heavy atom. The van der Waals surface area contributed by atoms with Gasteiger partial charge in [0.1, 0.15) is 0 Å². The van der Waals surface area contributed by atoms with Crippen molar-refractivity contribution in [3.05, 3.63) is 0 Å². The first-order chi connectivity index (χ1) is 6.92. The molecule has 1 fully saturated rings. The Morgan fingerprint density at radius 1 is 1.47 bits per heavy atom. The zero-order chi connectivity index (χ0) is 11.5. The molecule has 1 unspecified atom stereocenters. The van der Waals surface area contributed by atoms with Crippen molar-refractivity contribution >= 4 is 10.0 Å². The van der Waals surface area contributed by atoms with E-state index in [1.54, 1.807) is 4.31 Å². The summed E-state index contributed by atoms with van der Waals surface area (Å²) in [5, 5.41) is 3.32. The van der Waals surface area contributed by atoms with Gasteiger partial charge in [-0.25, -0.2) is 12.7 Å². The highest BCUT2D eigenvalue weighted by Gasteiger charge is 2.25. The number of nitrogens with one attached hydrogen (secondary N) is 1. The number of hydrogen-bond acceptors (Lipinski definition) is 3. The van der Waals surface area contributed by atoms with Crippen molar-refractivity contribution < 1.29 is 8.42 Å². The predicted molar refractivity (Wildman–Crippen MR) is 62.3 cm³/mol. The lowest BCUT2D eigenvalue weighted by Gasteiger charge is -2.29. The lowest BCUT2D eigenvalue weighted by atomic mass is 10.2. The van der Waals surface area contributed by atoms with Crippen molar-refractivity contribution in [2.75, 3.05) is 25.4 Å². The Bertz CT molecular complexity index is 288. The SMILES string of the molecule is CC(C)CN1CC(C)NCCCS1(=O)=O. The molecule has 1 N–H and O–H groups in total. The normalized spacial score (nSPS) is 28.7. The maximum absolute atomic E-state index is 11.9. The molecule has 0 aliphatic carbocycles. The van der Waals surface area contributed by atoms with E-state index in [0.717, 1.165) is 6.54 Å². The molecular weight excluding hydrogens is 212 g/mol. The molecule has 0 aromatic heterocycles. The molecule has 0 bridgehead atoms. The van der Waals surface area contributed by atoms with Gasteiger partial charge in [-0.15, -0.1) is 0 Å². The summed E-state index contributed by atoms with van der Waals surface area (Å²) in [6.45, 7) is 8.16. The van der Waals surface area contributed by atoms with E-state index < -0.39 is 10.0 Å². The molecule has 1 saturated heterocycles. The van der Waals surface area contributed by atoms with Gasteiger partial charge < -0.3 is 5.32 Å². The molecule has 0 aromatic carbocycles. The summed E-state index contributed by atoms with van der Waals surface area (Å²) in [6, 6.07) is 0.249. The van der Waals surface area contributed by atoms with Gasteiger partial charge in [0.2, 0.25) is 10.0 Å². The minimum absolute atomic E-state index is 0.249. The van der Waals surface area contributed by atoms with Crippen molar-refractivity contribution in [2.24, 2.45) is 5.92 Å². The fourth-order valence-electron chi connectivity index (χ4n) is 1.81. The molecule has 0 radical (unpaired) electrons. The first-order valence-corrected chi connectivity index (χ1v) is 7.24. The molecule has 1 atom stereocenters. The van der Waals surface area contributed by atoms with E-state index in [1.807, 2.05) is 20.8 Å². The average molecular weight is 234 g/mol. The molecule has 0 amide bonds. The van der Waals surface area contributed by atoms with Crippen LogP contribution in [0.15, 0.2) is 0 Å². The Hall–Kier alpha value is -0.130. The molecule has 0 aromatic rings. The van der Waals surface area contributed by atoms with Gasteiger partial charge in [-0.3, -0.25) is 0 Å². The third-order valence-corrected chi connectivity index (χ3v) is 4.40. The molecule has 1 heterocycles. The Balaban J connectivity index is 2.74. The smallest absolute Gasteiger partial charge is 0.214 e. The minimum atomic E-state index is -3.02. The summed E-state index contributed by atoms with van der Waals surface area (Å²) in [5.74, 6) is 0.658. The monoisotopic (exact) mass is 234 g/mol. The van der Waals surface area contributed by atoms with Crippen molar-refractivity contribution in [3.63, 3.8) is 0 Å². The van der Waals surface area contributed by atoms with Crippen LogP contribution < -0.4 is 5.32 Å². The van der Waals surface area contributed by atoms with Crippen LogP contribution in [0.1, 0.15) is 27.2 Å². The highest BCUT2D eigenvalue weighted by atomic mass is 32.2. The third kappa shape index (κ3) is 4.09. The van der Waals surface area contributed by atoms with E-state index in [-0.39, 0.29) is 11.8 Å². The molecule has 1 rings (SSSR count). The summed E-state index contributed by atoms with van der Waals surface area (Å²) in [6.07, 6.45) is 0.710. The largest absolute Gasteiger partial charge is 0.313 e. The second kappa shape index (κ2) is 5.27. The van der Waals surface area contributed by atoms with E-state index in [2.05, 4.69) is 5.32 Å². The molecule has 5 heteroatoms. The van der Waals surface area contributed by atoms with Gasteiger partial charge in [0.15, 0.2) is 0 Å². The van der Waals surface area contributed by atoms with Gasteiger partial charge in [0, 0.05) is 19.1 Å². The Morgan fingerprint density at radius 2 is 2.13 bits per heavy atom. The van der Waals surface area contributed by atoms with Crippen LogP contribution in [0.3, 0.4) is 0 Å². The predicted octanol–water partition coefficient (Wildman–Crippen LogP) is 0.656. The maximum atomic E-state index is 11.9. The van der Waals surface area contributed by atoms with Gasteiger partial charge >= 0.3 is 0 Å². The molecule has 0 saturated carbocycles. The number of hydrogen-bond donors (Lipinski definition) is 1. The van der Waals surface area contributed by atoms with E-state index in [4.69, 9.17) is 0 Å². The zero-order valence-electron chi connectivity index (χ0n) is 9.86. The quantitative estimate of drug-likeness (QED) is 0.763. The zero-order valence-corrected chi connectivity index (χ0v) is 10.7. The molecule has 1 aliphatic rings. The lowest BCUT2D eigenvalue weighted by Crippen LogP contribution is -2.47. The van der Waals surface area contributed by atoms with Gasteiger partial charge in [-0.05, 0) is 25.8 Å². The van der Waals surface area contributed by atoms with E-state index in [0.29, 0.717) is 25.4 Å². The molecular formula is C10H22N2O2S. The highest BCUT2D eigenvalue weighted by molar-refractivity contribution is 7.89. The maximum Gasteiger partial charge on any atom is 0.214 e. The van der Waals surface area contributed by atoms with E-state index in [1.165, 1.54) is 0 Å². The standard InChI is InChI=1S/C10H22N2O2S/c1-9(2)7-12-8-10(3)11-5-4-6-15(12,13)14/h9-11H,4-8H2,1-3H3. The van der Waals surface area contributed by atoms with Gasteiger partial charge in [0.25, 0.3) is 0 Å². The van der Waals surface area contributed by atoms with Gasteiger partial charge in [0.05, 0.1) is 5.75 Å².